The third kappa shape index (κ3) is 5.75. The summed E-state index contributed by atoms with van der Waals surface area (Å²) in [6.07, 6.45) is 1.22. The first kappa shape index (κ1) is 24.6. The van der Waals surface area contributed by atoms with Gasteiger partial charge in [-0.25, -0.2) is 0 Å². The van der Waals surface area contributed by atoms with E-state index in [1.807, 2.05) is 26.8 Å². The quantitative estimate of drug-likeness (QED) is 0.636. The van der Waals surface area contributed by atoms with Gasteiger partial charge in [-0.15, -0.1) is 0 Å². The molecule has 35 heavy (non-hydrogen) atoms. The predicted octanol–water partition coefficient (Wildman–Crippen LogP) is 3.23. The van der Waals surface area contributed by atoms with E-state index in [2.05, 4.69) is 10.6 Å². The molecule has 8 heteroatoms. The molecular weight excluding hydrogens is 446 g/mol. The van der Waals surface area contributed by atoms with Gasteiger partial charge in [0.25, 0.3) is 11.8 Å². The zero-order chi connectivity index (χ0) is 24.9. The molecule has 0 aromatic heterocycles. The first-order chi connectivity index (χ1) is 16.8. The molecular formula is C27H33N3O5. The normalized spacial score (nSPS) is 17.1. The van der Waals surface area contributed by atoms with Crippen LogP contribution in [0.25, 0.3) is 0 Å². The Bertz CT molecular complexity index is 1060. The minimum absolute atomic E-state index is 0.0219. The van der Waals surface area contributed by atoms with Crippen LogP contribution in [0, 0.1) is 11.8 Å². The fourth-order valence-electron chi connectivity index (χ4n) is 4.34. The molecule has 186 valence electrons. The number of amides is 3. The van der Waals surface area contributed by atoms with Crippen molar-refractivity contribution < 1.29 is 23.9 Å². The third-order valence-electron chi connectivity index (χ3n) is 6.89. The molecule has 0 aliphatic carbocycles. The molecule has 2 atom stereocenters. The van der Waals surface area contributed by atoms with Crippen molar-refractivity contribution in [1.29, 1.82) is 0 Å². The monoisotopic (exact) mass is 479 g/mol. The van der Waals surface area contributed by atoms with Crippen molar-refractivity contribution in [2.24, 2.45) is 11.8 Å². The van der Waals surface area contributed by atoms with Crippen LogP contribution in [-0.2, 0) is 4.79 Å². The van der Waals surface area contributed by atoms with Crippen molar-refractivity contribution in [2.45, 2.75) is 45.7 Å². The van der Waals surface area contributed by atoms with Gasteiger partial charge in [-0.05, 0) is 61.9 Å². The maximum atomic E-state index is 13.2. The van der Waals surface area contributed by atoms with E-state index in [1.165, 1.54) is 0 Å². The summed E-state index contributed by atoms with van der Waals surface area (Å²) < 4.78 is 10.7. The minimum atomic E-state index is -0.674. The lowest BCUT2D eigenvalue weighted by Crippen LogP contribution is -2.55. The van der Waals surface area contributed by atoms with E-state index >= 15 is 0 Å². The highest BCUT2D eigenvalue weighted by Gasteiger charge is 2.35. The van der Waals surface area contributed by atoms with Gasteiger partial charge in [0.2, 0.25) is 12.7 Å². The van der Waals surface area contributed by atoms with E-state index in [0.717, 1.165) is 0 Å². The van der Waals surface area contributed by atoms with Crippen LogP contribution in [0.4, 0.5) is 0 Å². The Labute approximate surface area is 206 Å². The molecule has 4 rings (SSSR count). The molecule has 0 bridgehead atoms. The molecule has 8 nitrogen and oxygen atoms in total. The first-order valence-electron chi connectivity index (χ1n) is 12.2. The Kier molecular flexibility index (Phi) is 7.58. The maximum Gasteiger partial charge on any atom is 0.253 e. The van der Waals surface area contributed by atoms with Crippen LogP contribution in [0.5, 0.6) is 11.5 Å². The van der Waals surface area contributed by atoms with Crippen LogP contribution < -0.4 is 20.1 Å². The van der Waals surface area contributed by atoms with Gasteiger partial charge >= 0.3 is 0 Å². The fourth-order valence-corrected chi connectivity index (χ4v) is 4.34. The summed E-state index contributed by atoms with van der Waals surface area (Å²) in [4.78, 5) is 41.0. The van der Waals surface area contributed by atoms with E-state index in [0.29, 0.717) is 48.6 Å². The molecule has 2 aliphatic heterocycles. The van der Waals surface area contributed by atoms with Crippen molar-refractivity contribution in [3.8, 4) is 11.5 Å². The summed E-state index contributed by atoms with van der Waals surface area (Å²) in [5.74, 6) is 0.861. The van der Waals surface area contributed by atoms with Crippen molar-refractivity contribution in [3.05, 3.63) is 59.7 Å². The Morgan fingerprint density at radius 3 is 2.26 bits per heavy atom. The number of piperidine rings is 1. The highest BCUT2D eigenvalue weighted by atomic mass is 16.7. The van der Waals surface area contributed by atoms with Crippen molar-refractivity contribution in [2.75, 3.05) is 19.9 Å². The molecule has 0 saturated carbocycles. The Balaban J connectivity index is 1.43. The molecule has 1 saturated heterocycles. The van der Waals surface area contributed by atoms with E-state index in [9.17, 15) is 14.4 Å². The number of likely N-dealkylation sites (tertiary alicyclic amines) is 1. The van der Waals surface area contributed by atoms with Crippen molar-refractivity contribution in [1.82, 2.24) is 15.5 Å². The molecule has 2 aromatic carbocycles. The third-order valence-corrected chi connectivity index (χ3v) is 6.89. The second-order valence-electron chi connectivity index (χ2n) is 9.56. The minimum Gasteiger partial charge on any atom is -0.454 e. The number of ether oxygens (including phenoxy) is 2. The Morgan fingerprint density at radius 1 is 0.886 bits per heavy atom. The molecule has 1 fully saturated rings. The van der Waals surface area contributed by atoms with Crippen molar-refractivity contribution in [3.63, 3.8) is 0 Å². The lowest BCUT2D eigenvalue weighted by atomic mass is 9.87. The van der Waals surface area contributed by atoms with Gasteiger partial charge in [0.15, 0.2) is 11.5 Å². The fraction of sp³-hybridized carbons (Fsp3) is 0.444. The molecule has 0 radical (unpaired) electrons. The van der Waals surface area contributed by atoms with Crippen LogP contribution in [-0.4, -0.2) is 54.6 Å². The van der Waals surface area contributed by atoms with Crippen LogP contribution in [0.1, 0.15) is 54.3 Å². The highest BCUT2D eigenvalue weighted by molar-refractivity contribution is 5.98. The summed E-state index contributed by atoms with van der Waals surface area (Å²) >= 11 is 0. The zero-order valence-electron chi connectivity index (χ0n) is 20.5. The van der Waals surface area contributed by atoms with Crippen LogP contribution in [0.3, 0.4) is 0 Å². The molecule has 2 aromatic rings. The van der Waals surface area contributed by atoms with Gasteiger partial charge in [-0.1, -0.05) is 32.0 Å². The SMILES string of the molecule is CC(C)[C@@H](C)NC(=O)[C@@H](NC(=O)c1ccccc1)C1CCN(C(=O)c2ccc3c(c2)OCO3)CC1. The number of hydrogen-bond acceptors (Lipinski definition) is 5. The van der Waals surface area contributed by atoms with Gasteiger partial charge in [-0.2, -0.15) is 0 Å². The van der Waals surface area contributed by atoms with Crippen LogP contribution in [0.2, 0.25) is 0 Å². The molecule has 2 N–H and O–H groups in total. The average molecular weight is 480 g/mol. The number of carbonyl (C=O) groups excluding carboxylic acids is 3. The van der Waals surface area contributed by atoms with Crippen LogP contribution >= 0.6 is 0 Å². The predicted molar refractivity (Wildman–Crippen MR) is 131 cm³/mol. The van der Waals surface area contributed by atoms with E-state index in [-0.39, 0.29) is 42.4 Å². The van der Waals surface area contributed by atoms with Gasteiger partial charge in [-0.3, -0.25) is 14.4 Å². The maximum absolute atomic E-state index is 13.2. The average Bonchev–Trinajstić information content (AvgIpc) is 3.35. The standard InChI is InChI=1S/C27H33N3O5/c1-17(2)18(3)28-26(32)24(29-25(31)20-7-5-4-6-8-20)19-11-13-30(14-12-19)27(33)21-9-10-22-23(15-21)35-16-34-22/h4-10,15,17-19,24H,11-14,16H2,1-3H3,(H,28,32)(H,29,31)/t18-,24+/m1/s1. The molecule has 2 aliphatic rings. The van der Waals surface area contributed by atoms with Crippen LogP contribution in [0.15, 0.2) is 48.5 Å². The molecule has 3 amide bonds. The summed E-state index contributed by atoms with van der Waals surface area (Å²) in [6, 6.07) is 13.4. The second kappa shape index (κ2) is 10.8. The van der Waals surface area contributed by atoms with E-state index < -0.39 is 6.04 Å². The Morgan fingerprint density at radius 2 is 1.57 bits per heavy atom. The number of nitrogens with zero attached hydrogens (tertiary/aromatic N) is 1. The summed E-state index contributed by atoms with van der Waals surface area (Å²) in [7, 11) is 0. The number of carbonyl (C=O) groups is 3. The Hall–Kier alpha value is -3.55. The summed E-state index contributed by atoms with van der Waals surface area (Å²) in [6.45, 7) is 7.22. The largest absolute Gasteiger partial charge is 0.454 e. The summed E-state index contributed by atoms with van der Waals surface area (Å²) in [5, 5.41) is 6.02. The van der Waals surface area contributed by atoms with E-state index in [4.69, 9.17) is 9.47 Å². The number of rotatable bonds is 7. The summed E-state index contributed by atoms with van der Waals surface area (Å²) in [5.41, 5.74) is 1.06. The number of benzene rings is 2. The number of hydrogen-bond donors (Lipinski definition) is 2. The van der Waals surface area contributed by atoms with Crippen molar-refractivity contribution >= 4 is 17.7 Å². The van der Waals surface area contributed by atoms with E-state index in [1.54, 1.807) is 47.4 Å². The number of nitrogens with one attached hydrogen (secondary N) is 2. The molecule has 0 unspecified atom stereocenters. The highest BCUT2D eigenvalue weighted by Crippen LogP contribution is 2.33. The van der Waals surface area contributed by atoms with Gasteiger partial charge < -0.3 is 25.0 Å². The first-order valence-corrected chi connectivity index (χ1v) is 12.2. The smallest absolute Gasteiger partial charge is 0.253 e. The number of fused-ring (bicyclic) bond motifs is 1. The van der Waals surface area contributed by atoms with Gasteiger partial charge in [0.05, 0.1) is 0 Å². The zero-order valence-corrected chi connectivity index (χ0v) is 20.5. The molecule has 0 spiro atoms. The second-order valence-corrected chi connectivity index (χ2v) is 9.56. The lowest BCUT2D eigenvalue weighted by molar-refractivity contribution is -0.125. The van der Waals surface area contributed by atoms with Gasteiger partial charge in [0.1, 0.15) is 6.04 Å². The van der Waals surface area contributed by atoms with Gasteiger partial charge in [0, 0.05) is 30.3 Å². The lowest BCUT2D eigenvalue weighted by Gasteiger charge is -2.36. The topological polar surface area (TPSA) is 97.0 Å². The molecule has 2 heterocycles.